The minimum Gasteiger partial charge on any atom is -0.313 e. The number of benzene rings is 1. The summed E-state index contributed by atoms with van der Waals surface area (Å²) in [4.78, 5) is 12.2. The molecule has 2 aromatic rings. The molecular formula is C15H18ClN3O. The second-order valence-corrected chi connectivity index (χ2v) is 4.90. The largest absolute Gasteiger partial charge is 0.313 e. The van der Waals surface area contributed by atoms with Gasteiger partial charge in [-0.25, -0.2) is 4.68 Å². The average molecular weight is 292 g/mol. The molecule has 0 aliphatic carbocycles. The van der Waals surface area contributed by atoms with Crippen molar-refractivity contribution in [1.29, 1.82) is 0 Å². The topological polar surface area (TPSA) is 46.9 Å². The Hall–Kier alpha value is -1.65. The summed E-state index contributed by atoms with van der Waals surface area (Å²) in [6.45, 7) is 5.86. The van der Waals surface area contributed by atoms with E-state index in [0.717, 1.165) is 23.4 Å². The number of rotatable bonds is 5. The van der Waals surface area contributed by atoms with Crippen molar-refractivity contribution in [2.24, 2.45) is 0 Å². The molecule has 0 spiro atoms. The maximum atomic E-state index is 12.2. The third-order valence-electron chi connectivity index (χ3n) is 3.05. The van der Waals surface area contributed by atoms with Gasteiger partial charge in [0.2, 0.25) is 0 Å². The van der Waals surface area contributed by atoms with Crippen LogP contribution >= 0.6 is 11.6 Å². The van der Waals surface area contributed by atoms with E-state index < -0.39 is 0 Å². The van der Waals surface area contributed by atoms with Crippen LogP contribution in [0.15, 0.2) is 35.1 Å². The summed E-state index contributed by atoms with van der Waals surface area (Å²) in [5.74, 6) is 0. The highest BCUT2D eigenvalue weighted by molar-refractivity contribution is 6.30. The van der Waals surface area contributed by atoms with Gasteiger partial charge in [0.1, 0.15) is 0 Å². The molecule has 1 aromatic carbocycles. The van der Waals surface area contributed by atoms with Gasteiger partial charge in [0, 0.05) is 29.2 Å². The number of hydrogen-bond acceptors (Lipinski definition) is 3. The van der Waals surface area contributed by atoms with Gasteiger partial charge in [-0.3, -0.25) is 4.79 Å². The highest BCUT2D eigenvalue weighted by Crippen LogP contribution is 2.19. The molecule has 1 heterocycles. The van der Waals surface area contributed by atoms with E-state index in [4.69, 9.17) is 11.6 Å². The molecule has 0 aliphatic heterocycles. The van der Waals surface area contributed by atoms with Crippen LogP contribution in [-0.2, 0) is 13.1 Å². The Morgan fingerprint density at radius 1 is 1.25 bits per heavy atom. The lowest BCUT2D eigenvalue weighted by molar-refractivity contribution is 0.600. The van der Waals surface area contributed by atoms with Gasteiger partial charge < -0.3 is 5.32 Å². The van der Waals surface area contributed by atoms with E-state index in [9.17, 15) is 4.79 Å². The molecule has 0 aliphatic rings. The van der Waals surface area contributed by atoms with E-state index in [2.05, 4.69) is 10.4 Å². The lowest BCUT2D eigenvalue weighted by Crippen LogP contribution is -2.29. The number of nitrogens with zero attached hydrogens (tertiary/aromatic N) is 2. The molecule has 0 unspecified atom stereocenters. The standard InChI is InChI=1S/C15H18ClN3O/c1-3-17-10-12-9-14(18-19(4-2)15(12)20)11-5-7-13(16)8-6-11/h5-9,17H,3-4,10H2,1-2H3. The Labute approximate surface area is 123 Å². The molecule has 2 rings (SSSR count). The van der Waals surface area contributed by atoms with Gasteiger partial charge >= 0.3 is 0 Å². The Kier molecular flexibility index (Phi) is 4.93. The number of nitrogens with one attached hydrogen (secondary N) is 1. The molecule has 0 amide bonds. The van der Waals surface area contributed by atoms with Gasteiger partial charge in [-0.15, -0.1) is 0 Å². The van der Waals surface area contributed by atoms with Crippen molar-refractivity contribution in [3.05, 3.63) is 51.3 Å². The van der Waals surface area contributed by atoms with Crippen molar-refractivity contribution >= 4 is 11.6 Å². The van der Waals surface area contributed by atoms with Gasteiger partial charge in [0.05, 0.1) is 5.69 Å². The molecular weight excluding hydrogens is 274 g/mol. The molecule has 0 fully saturated rings. The predicted molar refractivity (Wildman–Crippen MR) is 82.0 cm³/mol. The predicted octanol–water partition coefficient (Wildman–Crippen LogP) is 2.69. The van der Waals surface area contributed by atoms with Crippen LogP contribution in [0.4, 0.5) is 0 Å². The van der Waals surface area contributed by atoms with Crippen molar-refractivity contribution in [2.45, 2.75) is 26.9 Å². The zero-order valence-corrected chi connectivity index (χ0v) is 12.4. The highest BCUT2D eigenvalue weighted by atomic mass is 35.5. The van der Waals surface area contributed by atoms with Gasteiger partial charge in [-0.2, -0.15) is 5.10 Å². The monoisotopic (exact) mass is 291 g/mol. The van der Waals surface area contributed by atoms with Crippen LogP contribution < -0.4 is 10.9 Å². The van der Waals surface area contributed by atoms with Crippen LogP contribution in [0, 0.1) is 0 Å². The van der Waals surface area contributed by atoms with Gasteiger partial charge in [0.25, 0.3) is 5.56 Å². The summed E-state index contributed by atoms with van der Waals surface area (Å²) < 4.78 is 1.50. The van der Waals surface area contributed by atoms with Gasteiger partial charge in [-0.1, -0.05) is 30.7 Å². The summed E-state index contributed by atoms with van der Waals surface area (Å²) in [6.07, 6.45) is 0. The van der Waals surface area contributed by atoms with Gasteiger partial charge in [-0.05, 0) is 31.7 Å². The van der Waals surface area contributed by atoms with Crippen molar-refractivity contribution in [2.75, 3.05) is 6.54 Å². The van der Waals surface area contributed by atoms with Crippen LogP contribution in [0.2, 0.25) is 5.02 Å². The van der Waals surface area contributed by atoms with Crippen LogP contribution in [0.1, 0.15) is 19.4 Å². The van der Waals surface area contributed by atoms with E-state index in [1.807, 2.05) is 44.2 Å². The number of hydrogen-bond donors (Lipinski definition) is 1. The van der Waals surface area contributed by atoms with Crippen LogP contribution in [0.25, 0.3) is 11.3 Å². The summed E-state index contributed by atoms with van der Waals surface area (Å²) in [5.41, 5.74) is 2.44. The fourth-order valence-electron chi connectivity index (χ4n) is 1.96. The molecule has 20 heavy (non-hydrogen) atoms. The first kappa shape index (κ1) is 14.8. The molecule has 4 nitrogen and oxygen atoms in total. The number of aryl methyl sites for hydroxylation is 1. The van der Waals surface area contributed by atoms with E-state index >= 15 is 0 Å². The maximum absolute atomic E-state index is 12.2. The Morgan fingerprint density at radius 2 is 1.95 bits per heavy atom. The first-order valence-electron chi connectivity index (χ1n) is 6.73. The van der Waals surface area contributed by atoms with Crippen LogP contribution in [-0.4, -0.2) is 16.3 Å². The summed E-state index contributed by atoms with van der Waals surface area (Å²) >= 11 is 5.90. The molecule has 0 bridgehead atoms. The van der Waals surface area contributed by atoms with E-state index in [1.165, 1.54) is 4.68 Å². The summed E-state index contributed by atoms with van der Waals surface area (Å²) in [7, 11) is 0. The van der Waals surface area contributed by atoms with Crippen molar-refractivity contribution in [3.63, 3.8) is 0 Å². The molecule has 0 saturated carbocycles. The molecule has 0 atom stereocenters. The number of halogens is 1. The molecule has 1 aromatic heterocycles. The van der Waals surface area contributed by atoms with E-state index in [0.29, 0.717) is 18.1 Å². The van der Waals surface area contributed by atoms with Gasteiger partial charge in [0.15, 0.2) is 0 Å². The summed E-state index contributed by atoms with van der Waals surface area (Å²) in [5, 5.41) is 8.26. The normalized spacial score (nSPS) is 10.8. The van der Waals surface area contributed by atoms with E-state index in [-0.39, 0.29) is 5.56 Å². The zero-order valence-electron chi connectivity index (χ0n) is 11.7. The number of aromatic nitrogens is 2. The SMILES string of the molecule is CCNCc1cc(-c2ccc(Cl)cc2)nn(CC)c1=O. The Bertz CT molecular complexity index is 635. The first-order valence-corrected chi connectivity index (χ1v) is 7.11. The smallest absolute Gasteiger partial charge is 0.271 e. The molecule has 0 saturated heterocycles. The second-order valence-electron chi connectivity index (χ2n) is 4.46. The Balaban J connectivity index is 2.47. The fourth-order valence-corrected chi connectivity index (χ4v) is 2.09. The average Bonchev–Trinajstić information content (AvgIpc) is 2.47. The zero-order chi connectivity index (χ0) is 14.5. The highest BCUT2D eigenvalue weighted by Gasteiger charge is 2.08. The maximum Gasteiger partial charge on any atom is 0.271 e. The summed E-state index contributed by atoms with van der Waals surface area (Å²) in [6, 6.07) is 9.31. The molecule has 106 valence electrons. The minimum absolute atomic E-state index is 0.0360. The van der Waals surface area contributed by atoms with Crippen LogP contribution in [0.3, 0.4) is 0 Å². The third kappa shape index (κ3) is 3.26. The lowest BCUT2D eigenvalue weighted by Gasteiger charge is -2.09. The Morgan fingerprint density at radius 3 is 2.55 bits per heavy atom. The second kappa shape index (κ2) is 6.68. The van der Waals surface area contributed by atoms with Crippen molar-refractivity contribution in [1.82, 2.24) is 15.1 Å². The van der Waals surface area contributed by atoms with Crippen molar-refractivity contribution < 1.29 is 0 Å². The first-order chi connectivity index (χ1) is 9.65. The molecule has 0 radical (unpaired) electrons. The van der Waals surface area contributed by atoms with Crippen molar-refractivity contribution in [3.8, 4) is 11.3 Å². The minimum atomic E-state index is -0.0360. The fraction of sp³-hybridized carbons (Fsp3) is 0.333. The molecule has 1 N–H and O–H groups in total. The van der Waals surface area contributed by atoms with E-state index in [1.54, 1.807) is 0 Å². The third-order valence-corrected chi connectivity index (χ3v) is 3.31. The van der Waals surface area contributed by atoms with Crippen LogP contribution in [0.5, 0.6) is 0 Å². The quantitative estimate of drug-likeness (QED) is 0.921. The lowest BCUT2D eigenvalue weighted by atomic mass is 10.1. The molecule has 5 heteroatoms.